The maximum Gasteiger partial charge on any atom is 0.262 e. The number of carbonyl (C=O) groups is 1. The molecule has 3 aromatic rings. The second-order valence-electron chi connectivity index (χ2n) is 6.80. The molecule has 2 aliphatic heterocycles. The Bertz CT molecular complexity index is 979. The van der Waals surface area contributed by atoms with Crippen LogP contribution < -0.4 is 4.90 Å². The summed E-state index contributed by atoms with van der Waals surface area (Å²) < 4.78 is 5.61. The normalized spacial score (nSPS) is 18.7. The van der Waals surface area contributed by atoms with E-state index < -0.39 is 0 Å². The Hall–Kier alpha value is -2.86. The van der Waals surface area contributed by atoms with E-state index in [0.717, 1.165) is 35.0 Å². The van der Waals surface area contributed by atoms with E-state index in [1.165, 1.54) is 5.56 Å². The molecular formula is C21H19N3O2S. The van der Waals surface area contributed by atoms with Crippen molar-refractivity contribution in [1.29, 1.82) is 0 Å². The fraction of sp³-hybridized carbons (Fsp3) is 0.238. The number of hydrazone groups is 1. The third-order valence-corrected chi connectivity index (χ3v) is 6.07. The average Bonchev–Trinajstić information content (AvgIpc) is 3.47. The Morgan fingerprint density at radius 1 is 1.19 bits per heavy atom. The van der Waals surface area contributed by atoms with Gasteiger partial charge in [-0.05, 0) is 41.6 Å². The zero-order valence-electron chi connectivity index (χ0n) is 14.7. The van der Waals surface area contributed by atoms with E-state index >= 15 is 0 Å². The Morgan fingerprint density at radius 2 is 2.11 bits per heavy atom. The van der Waals surface area contributed by atoms with Crippen molar-refractivity contribution in [2.45, 2.75) is 18.9 Å². The lowest BCUT2D eigenvalue weighted by molar-refractivity contribution is -0.131. The molecule has 0 spiro atoms. The molecule has 0 aliphatic carbocycles. The number of thiophene rings is 1. The van der Waals surface area contributed by atoms with Gasteiger partial charge in [-0.2, -0.15) is 5.10 Å². The van der Waals surface area contributed by atoms with Crippen molar-refractivity contribution in [2.75, 3.05) is 18.0 Å². The minimum Gasteiger partial charge on any atom is -0.467 e. The molecule has 2 aliphatic rings. The van der Waals surface area contributed by atoms with Gasteiger partial charge >= 0.3 is 0 Å². The number of amides is 1. The minimum atomic E-state index is -0.178. The quantitative estimate of drug-likeness (QED) is 0.688. The number of hydrogen-bond donors (Lipinski definition) is 0. The highest BCUT2D eigenvalue weighted by atomic mass is 32.1. The SMILES string of the molecule is O=C(CN1CCc2ccccc21)N1N=C(c2cccs2)C[C@@H]1c1ccco1. The molecule has 2 aromatic heterocycles. The average molecular weight is 377 g/mol. The summed E-state index contributed by atoms with van der Waals surface area (Å²) in [5.41, 5.74) is 3.40. The number of anilines is 1. The van der Waals surface area contributed by atoms with Crippen molar-refractivity contribution in [2.24, 2.45) is 5.10 Å². The molecule has 1 aromatic carbocycles. The largest absolute Gasteiger partial charge is 0.467 e. The molecule has 5 nitrogen and oxygen atoms in total. The summed E-state index contributed by atoms with van der Waals surface area (Å²) in [6, 6.07) is 16.0. The van der Waals surface area contributed by atoms with E-state index in [1.807, 2.05) is 35.7 Å². The smallest absolute Gasteiger partial charge is 0.262 e. The van der Waals surface area contributed by atoms with Gasteiger partial charge in [0.15, 0.2) is 0 Å². The first-order valence-electron chi connectivity index (χ1n) is 9.09. The zero-order chi connectivity index (χ0) is 18.2. The fourth-order valence-corrected chi connectivity index (χ4v) is 4.56. The summed E-state index contributed by atoms with van der Waals surface area (Å²) in [4.78, 5) is 16.4. The van der Waals surface area contributed by atoms with Crippen LogP contribution in [0.2, 0.25) is 0 Å². The Labute approximate surface area is 161 Å². The van der Waals surface area contributed by atoms with Crippen LogP contribution in [0.3, 0.4) is 0 Å². The highest BCUT2D eigenvalue weighted by molar-refractivity contribution is 7.12. The summed E-state index contributed by atoms with van der Waals surface area (Å²) in [7, 11) is 0. The summed E-state index contributed by atoms with van der Waals surface area (Å²) >= 11 is 1.65. The van der Waals surface area contributed by atoms with Gasteiger partial charge in [0, 0.05) is 18.7 Å². The summed E-state index contributed by atoms with van der Waals surface area (Å²) in [6.07, 6.45) is 3.31. The predicted molar refractivity (Wildman–Crippen MR) is 106 cm³/mol. The topological polar surface area (TPSA) is 49.1 Å². The molecule has 6 heteroatoms. The van der Waals surface area contributed by atoms with Gasteiger partial charge in [-0.25, -0.2) is 5.01 Å². The van der Waals surface area contributed by atoms with Crippen LogP contribution in [0.5, 0.6) is 0 Å². The molecule has 0 bridgehead atoms. The molecule has 0 radical (unpaired) electrons. The predicted octanol–water partition coefficient (Wildman–Crippen LogP) is 4.08. The molecule has 27 heavy (non-hydrogen) atoms. The van der Waals surface area contributed by atoms with Crippen molar-refractivity contribution in [3.05, 3.63) is 76.4 Å². The molecule has 1 amide bonds. The number of nitrogens with zero attached hydrogens (tertiary/aromatic N) is 3. The molecule has 0 fully saturated rings. The van der Waals surface area contributed by atoms with Crippen molar-refractivity contribution in [3.8, 4) is 0 Å². The molecule has 1 atom stereocenters. The maximum absolute atomic E-state index is 13.2. The second-order valence-corrected chi connectivity index (χ2v) is 7.75. The monoisotopic (exact) mass is 377 g/mol. The molecule has 0 N–H and O–H groups in total. The number of hydrogen-bond acceptors (Lipinski definition) is 5. The van der Waals surface area contributed by atoms with Gasteiger partial charge in [-0.1, -0.05) is 24.3 Å². The van der Waals surface area contributed by atoms with E-state index in [9.17, 15) is 4.79 Å². The number of furan rings is 1. The third-order valence-electron chi connectivity index (χ3n) is 5.15. The maximum atomic E-state index is 13.2. The van der Waals surface area contributed by atoms with Crippen molar-refractivity contribution in [3.63, 3.8) is 0 Å². The highest BCUT2D eigenvalue weighted by Gasteiger charge is 2.36. The molecular weight excluding hydrogens is 358 g/mol. The van der Waals surface area contributed by atoms with E-state index in [-0.39, 0.29) is 11.9 Å². The number of benzene rings is 1. The second kappa shape index (κ2) is 6.70. The third kappa shape index (κ3) is 2.96. The van der Waals surface area contributed by atoms with Gasteiger partial charge in [-0.15, -0.1) is 11.3 Å². The van der Waals surface area contributed by atoms with Crippen LogP contribution in [-0.4, -0.2) is 29.7 Å². The van der Waals surface area contributed by atoms with E-state index in [0.29, 0.717) is 13.0 Å². The Kier molecular flexibility index (Phi) is 4.05. The Morgan fingerprint density at radius 3 is 2.93 bits per heavy atom. The molecule has 5 rings (SSSR count). The van der Waals surface area contributed by atoms with Gasteiger partial charge in [0.25, 0.3) is 5.91 Å². The van der Waals surface area contributed by atoms with Crippen LogP contribution >= 0.6 is 11.3 Å². The summed E-state index contributed by atoms with van der Waals surface area (Å²) in [5.74, 6) is 0.778. The first kappa shape index (κ1) is 16.3. The van der Waals surface area contributed by atoms with Crippen LogP contribution in [0.15, 0.2) is 69.7 Å². The van der Waals surface area contributed by atoms with Crippen molar-refractivity contribution in [1.82, 2.24) is 5.01 Å². The molecule has 4 heterocycles. The Balaban J connectivity index is 1.41. The van der Waals surface area contributed by atoms with Gasteiger partial charge in [0.1, 0.15) is 11.8 Å². The summed E-state index contributed by atoms with van der Waals surface area (Å²) in [5, 5.41) is 8.34. The number of carbonyl (C=O) groups excluding carboxylic acids is 1. The molecule has 0 saturated heterocycles. The van der Waals surface area contributed by atoms with Gasteiger partial charge in [0.2, 0.25) is 0 Å². The van der Waals surface area contributed by atoms with Crippen LogP contribution in [0.4, 0.5) is 5.69 Å². The number of para-hydroxylation sites is 1. The first-order valence-corrected chi connectivity index (χ1v) is 9.97. The standard InChI is InChI=1S/C21H19N3O2S/c25-21(14-23-10-9-15-5-1-2-6-17(15)23)24-18(19-7-3-11-26-19)13-16(22-24)20-8-4-12-27-20/h1-8,11-12,18H,9-10,13-14H2/t18-/m1/s1. The van der Waals surface area contributed by atoms with Crippen molar-refractivity contribution >= 4 is 28.6 Å². The lowest BCUT2D eigenvalue weighted by Crippen LogP contribution is -2.37. The lowest BCUT2D eigenvalue weighted by atomic mass is 10.1. The van der Waals surface area contributed by atoms with Crippen LogP contribution in [0.1, 0.15) is 28.7 Å². The van der Waals surface area contributed by atoms with Crippen LogP contribution in [0.25, 0.3) is 0 Å². The van der Waals surface area contributed by atoms with E-state index in [1.54, 1.807) is 22.6 Å². The van der Waals surface area contributed by atoms with Crippen LogP contribution in [-0.2, 0) is 11.2 Å². The lowest BCUT2D eigenvalue weighted by Gasteiger charge is -2.24. The molecule has 0 unspecified atom stereocenters. The van der Waals surface area contributed by atoms with E-state index in [4.69, 9.17) is 9.52 Å². The van der Waals surface area contributed by atoms with Crippen molar-refractivity contribution < 1.29 is 9.21 Å². The fourth-order valence-electron chi connectivity index (χ4n) is 3.84. The number of rotatable bonds is 4. The minimum absolute atomic E-state index is 0.000316. The highest BCUT2D eigenvalue weighted by Crippen LogP contribution is 2.35. The summed E-state index contributed by atoms with van der Waals surface area (Å²) in [6.45, 7) is 1.20. The first-order chi connectivity index (χ1) is 13.3. The van der Waals surface area contributed by atoms with Gasteiger partial charge in [-0.3, -0.25) is 4.79 Å². The zero-order valence-corrected chi connectivity index (χ0v) is 15.6. The van der Waals surface area contributed by atoms with Crippen LogP contribution in [0, 0.1) is 0 Å². The van der Waals surface area contributed by atoms with E-state index in [2.05, 4.69) is 23.1 Å². The van der Waals surface area contributed by atoms with Gasteiger partial charge < -0.3 is 9.32 Å². The number of fused-ring (bicyclic) bond motifs is 1. The van der Waals surface area contributed by atoms with Gasteiger partial charge in [0.05, 0.1) is 23.4 Å². The molecule has 136 valence electrons. The molecule has 0 saturated carbocycles.